The SMILES string of the molecule is CCC(NC(C)CN(CC)CC)c1cccc(F)c1. The summed E-state index contributed by atoms with van der Waals surface area (Å²) >= 11 is 0. The number of nitrogens with zero attached hydrogens (tertiary/aromatic N) is 1. The van der Waals surface area contributed by atoms with Gasteiger partial charge in [-0.05, 0) is 44.1 Å². The summed E-state index contributed by atoms with van der Waals surface area (Å²) in [5, 5.41) is 3.60. The summed E-state index contributed by atoms with van der Waals surface area (Å²) in [5.74, 6) is -0.158. The third kappa shape index (κ3) is 5.29. The fraction of sp³-hybridized carbons (Fsp3) is 0.625. The van der Waals surface area contributed by atoms with Crippen LogP contribution in [-0.4, -0.2) is 30.6 Å². The van der Waals surface area contributed by atoms with Crippen molar-refractivity contribution in [2.45, 2.75) is 46.2 Å². The van der Waals surface area contributed by atoms with Crippen molar-refractivity contribution in [3.8, 4) is 0 Å². The van der Waals surface area contributed by atoms with Crippen molar-refractivity contribution in [2.75, 3.05) is 19.6 Å². The van der Waals surface area contributed by atoms with Gasteiger partial charge in [0.05, 0.1) is 0 Å². The van der Waals surface area contributed by atoms with Crippen LogP contribution in [-0.2, 0) is 0 Å². The number of likely N-dealkylation sites (N-methyl/N-ethyl adjacent to an activating group) is 1. The molecule has 1 rings (SSSR count). The Morgan fingerprint density at radius 1 is 1.21 bits per heavy atom. The predicted molar refractivity (Wildman–Crippen MR) is 79.8 cm³/mol. The molecule has 2 unspecified atom stereocenters. The molecule has 0 radical (unpaired) electrons. The minimum absolute atomic E-state index is 0.158. The van der Waals surface area contributed by atoms with Crippen molar-refractivity contribution in [3.63, 3.8) is 0 Å². The number of nitrogens with one attached hydrogen (secondary N) is 1. The molecule has 0 spiro atoms. The lowest BCUT2D eigenvalue weighted by Gasteiger charge is -2.27. The van der Waals surface area contributed by atoms with Crippen LogP contribution in [0.3, 0.4) is 0 Å². The largest absolute Gasteiger partial charge is 0.306 e. The summed E-state index contributed by atoms with van der Waals surface area (Å²) in [6.45, 7) is 11.9. The van der Waals surface area contributed by atoms with E-state index in [-0.39, 0.29) is 11.9 Å². The minimum Gasteiger partial charge on any atom is -0.306 e. The first-order valence-electron chi connectivity index (χ1n) is 7.34. The van der Waals surface area contributed by atoms with Gasteiger partial charge < -0.3 is 10.2 Å². The van der Waals surface area contributed by atoms with Crippen molar-refractivity contribution in [1.82, 2.24) is 10.2 Å². The molecule has 2 atom stereocenters. The van der Waals surface area contributed by atoms with Crippen molar-refractivity contribution in [2.24, 2.45) is 0 Å². The number of rotatable bonds is 8. The molecule has 0 aromatic heterocycles. The molecule has 0 heterocycles. The van der Waals surface area contributed by atoms with E-state index >= 15 is 0 Å². The van der Waals surface area contributed by atoms with Gasteiger partial charge in [-0.15, -0.1) is 0 Å². The molecule has 1 aromatic carbocycles. The van der Waals surface area contributed by atoms with Crippen molar-refractivity contribution < 1.29 is 4.39 Å². The zero-order valence-electron chi connectivity index (χ0n) is 12.6. The number of hydrogen-bond donors (Lipinski definition) is 1. The Balaban J connectivity index is 2.61. The smallest absolute Gasteiger partial charge is 0.123 e. The van der Waals surface area contributed by atoms with Crippen LogP contribution in [0.5, 0.6) is 0 Å². The second-order valence-corrected chi connectivity index (χ2v) is 5.07. The molecule has 0 aliphatic heterocycles. The van der Waals surface area contributed by atoms with Crippen LogP contribution in [0.1, 0.15) is 45.7 Å². The molecule has 0 fully saturated rings. The molecule has 2 nitrogen and oxygen atoms in total. The first-order valence-corrected chi connectivity index (χ1v) is 7.34. The molecular weight excluding hydrogens is 239 g/mol. The summed E-state index contributed by atoms with van der Waals surface area (Å²) in [6.07, 6.45) is 0.964. The minimum atomic E-state index is -0.158. The van der Waals surface area contributed by atoms with Gasteiger partial charge in [0.15, 0.2) is 0 Å². The number of benzene rings is 1. The van der Waals surface area contributed by atoms with Gasteiger partial charge in [0, 0.05) is 18.6 Å². The first kappa shape index (κ1) is 16.1. The van der Waals surface area contributed by atoms with Crippen LogP contribution < -0.4 is 5.32 Å². The van der Waals surface area contributed by atoms with Gasteiger partial charge >= 0.3 is 0 Å². The lowest BCUT2D eigenvalue weighted by atomic mass is 10.0. The molecule has 19 heavy (non-hydrogen) atoms. The summed E-state index contributed by atoms with van der Waals surface area (Å²) in [7, 11) is 0. The van der Waals surface area contributed by atoms with E-state index in [1.54, 1.807) is 12.1 Å². The van der Waals surface area contributed by atoms with Crippen LogP contribution in [0.4, 0.5) is 4.39 Å². The van der Waals surface area contributed by atoms with Crippen molar-refractivity contribution >= 4 is 0 Å². The van der Waals surface area contributed by atoms with Gasteiger partial charge in [-0.1, -0.05) is 32.9 Å². The van der Waals surface area contributed by atoms with Crippen LogP contribution in [0.2, 0.25) is 0 Å². The molecule has 1 N–H and O–H groups in total. The zero-order chi connectivity index (χ0) is 14.3. The van der Waals surface area contributed by atoms with Crippen LogP contribution in [0, 0.1) is 5.82 Å². The molecule has 0 aliphatic rings. The molecule has 0 saturated heterocycles. The van der Waals surface area contributed by atoms with Gasteiger partial charge in [0.25, 0.3) is 0 Å². The summed E-state index contributed by atoms with van der Waals surface area (Å²) < 4.78 is 13.3. The average molecular weight is 266 g/mol. The highest BCUT2D eigenvalue weighted by molar-refractivity contribution is 5.20. The lowest BCUT2D eigenvalue weighted by molar-refractivity contribution is 0.260. The summed E-state index contributed by atoms with van der Waals surface area (Å²) in [4.78, 5) is 2.40. The third-order valence-electron chi connectivity index (χ3n) is 3.57. The van der Waals surface area contributed by atoms with E-state index < -0.39 is 0 Å². The van der Waals surface area contributed by atoms with Gasteiger partial charge in [0.1, 0.15) is 5.82 Å². The fourth-order valence-corrected chi connectivity index (χ4v) is 2.44. The standard InChI is InChI=1S/C16H27FN2/c1-5-16(14-9-8-10-15(17)11-14)18-13(4)12-19(6-2)7-3/h8-11,13,16,18H,5-7,12H2,1-4H3. The molecule has 0 amide bonds. The van der Waals surface area contributed by atoms with E-state index in [9.17, 15) is 4.39 Å². The van der Waals surface area contributed by atoms with E-state index in [0.29, 0.717) is 6.04 Å². The van der Waals surface area contributed by atoms with E-state index in [1.807, 2.05) is 6.07 Å². The number of halogens is 1. The Morgan fingerprint density at radius 2 is 1.89 bits per heavy atom. The zero-order valence-corrected chi connectivity index (χ0v) is 12.6. The Bertz CT molecular complexity index is 364. The predicted octanol–water partition coefficient (Wildman–Crippen LogP) is 3.60. The molecule has 1 aromatic rings. The average Bonchev–Trinajstić information content (AvgIpc) is 2.42. The second-order valence-electron chi connectivity index (χ2n) is 5.07. The maximum Gasteiger partial charge on any atom is 0.123 e. The summed E-state index contributed by atoms with van der Waals surface area (Å²) in [5.41, 5.74) is 1.04. The third-order valence-corrected chi connectivity index (χ3v) is 3.57. The molecule has 108 valence electrons. The Kier molecular flexibility index (Phi) is 7.03. The van der Waals surface area contributed by atoms with Crippen LogP contribution in [0.15, 0.2) is 24.3 Å². The fourth-order valence-electron chi connectivity index (χ4n) is 2.44. The quantitative estimate of drug-likeness (QED) is 0.773. The van der Waals surface area contributed by atoms with E-state index in [1.165, 1.54) is 6.07 Å². The highest BCUT2D eigenvalue weighted by Gasteiger charge is 2.14. The Labute approximate surface area is 117 Å². The van der Waals surface area contributed by atoms with Crippen molar-refractivity contribution in [1.29, 1.82) is 0 Å². The molecule has 3 heteroatoms. The van der Waals surface area contributed by atoms with E-state index in [0.717, 1.165) is 31.6 Å². The lowest BCUT2D eigenvalue weighted by Crippen LogP contribution is -2.40. The monoisotopic (exact) mass is 266 g/mol. The normalized spacial score (nSPS) is 14.6. The maximum absolute atomic E-state index is 13.3. The van der Waals surface area contributed by atoms with Crippen molar-refractivity contribution in [3.05, 3.63) is 35.6 Å². The highest BCUT2D eigenvalue weighted by atomic mass is 19.1. The van der Waals surface area contributed by atoms with E-state index in [2.05, 4.69) is 37.9 Å². The maximum atomic E-state index is 13.3. The Hall–Kier alpha value is -0.930. The van der Waals surface area contributed by atoms with Gasteiger partial charge in [0.2, 0.25) is 0 Å². The molecule has 0 bridgehead atoms. The second kappa shape index (κ2) is 8.28. The van der Waals surface area contributed by atoms with E-state index in [4.69, 9.17) is 0 Å². The molecule has 0 saturated carbocycles. The van der Waals surface area contributed by atoms with Gasteiger partial charge in [-0.25, -0.2) is 4.39 Å². The van der Waals surface area contributed by atoms with Crippen LogP contribution in [0.25, 0.3) is 0 Å². The molecular formula is C16H27FN2. The molecule has 0 aliphatic carbocycles. The highest BCUT2D eigenvalue weighted by Crippen LogP contribution is 2.18. The van der Waals surface area contributed by atoms with Gasteiger partial charge in [-0.2, -0.15) is 0 Å². The summed E-state index contributed by atoms with van der Waals surface area (Å²) in [6, 6.07) is 7.52. The van der Waals surface area contributed by atoms with Gasteiger partial charge in [-0.3, -0.25) is 0 Å². The number of hydrogen-bond acceptors (Lipinski definition) is 2. The Morgan fingerprint density at radius 3 is 2.42 bits per heavy atom. The first-order chi connectivity index (χ1) is 9.10. The van der Waals surface area contributed by atoms with Crippen LogP contribution >= 0.6 is 0 Å². The topological polar surface area (TPSA) is 15.3 Å².